The Labute approximate surface area is 86.8 Å². The second kappa shape index (κ2) is 3.96. The second-order valence-corrected chi connectivity index (χ2v) is 4.67. The van der Waals surface area contributed by atoms with Crippen molar-refractivity contribution in [1.29, 1.82) is 0 Å². The zero-order valence-corrected chi connectivity index (χ0v) is 9.26. The number of hydrogen-bond acceptors (Lipinski definition) is 4. The number of nitrogen functional groups attached to an aromatic ring is 1. The molecule has 1 rings (SSSR count). The Hall–Kier alpha value is -1.10. The first-order valence-electron chi connectivity index (χ1n) is 4.43. The fourth-order valence-electron chi connectivity index (χ4n) is 1.11. The largest absolute Gasteiger partial charge is 0.476 e. The summed E-state index contributed by atoms with van der Waals surface area (Å²) in [7, 11) is 0. The highest BCUT2D eigenvalue weighted by molar-refractivity contribution is 7.15. The Morgan fingerprint density at radius 3 is 2.50 bits per heavy atom. The maximum Gasteiger partial charge on any atom is 0.355 e. The van der Waals surface area contributed by atoms with Crippen LogP contribution in [0.5, 0.6) is 0 Å². The van der Waals surface area contributed by atoms with Crippen LogP contribution in [0, 0.1) is 5.92 Å². The molecule has 14 heavy (non-hydrogen) atoms. The molecule has 1 unspecified atom stereocenters. The molecule has 0 aliphatic heterocycles. The zero-order chi connectivity index (χ0) is 10.9. The Balaban J connectivity index is 3.12. The number of hydrogen-bond donors (Lipinski definition) is 2. The normalized spacial score (nSPS) is 13.1. The van der Waals surface area contributed by atoms with E-state index in [9.17, 15) is 4.79 Å². The van der Waals surface area contributed by atoms with Crippen LogP contribution in [0.15, 0.2) is 0 Å². The summed E-state index contributed by atoms with van der Waals surface area (Å²) >= 11 is 1.26. The molecule has 0 aliphatic carbocycles. The van der Waals surface area contributed by atoms with E-state index in [1.54, 1.807) is 0 Å². The lowest BCUT2D eigenvalue weighted by Crippen LogP contribution is -2.07. The van der Waals surface area contributed by atoms with Crippen LogP contribution >= 0.6 is 11.3 Å². The van der Waals surface area contributed by atoms with E-state index in [2.05, 4.69) is 4.98 Å². The molecule has 0 saturated heterocycles. The molecule has 0 bridgehead atoms. The van der Waals surface area contributed by atoms with Crippen LogP contribution in [0.3, 0.4) is 0 Å². The fourth-order valence-corrected chi connectivity index (χ4v) is 2.16. The van der Waals surface area contributed by atoms with E-state index in [-0.39, 0.29) is 11.6 Å². The van der Waals surface area contributed by atoms with Crippen LogP contribution in [-0.2, 0) is 0 Å². The monoisotopic (exact) mass is 214 g/mol. The Bertz CT molecular complexity index is 347. The second-order valence-electron chi connectivity index (χ2n) is 3.60. The number of nitrogens with zero attached hydrogens (tertiary/aromatic N) is 1. The maximum atomic E-state index is 10.9. The molecule has 0 fully saturated rings. The molecule has 0 aromatic carbocycles. The zero-order valence-electron chi connectivity index (χ0n) is 8.44. The number of carbonyl (C=O) groups is 1. The predicted octanol–water partition coefficient (Wildman–Crippen LogP) is 2.18. The molecule has 1 aromatic heterocycles. The van der Waals surface area contributed by atoms with Gasteiger partial charge in [0.05, 0.1) is 0 Å². The molecule has 0 aliphatic rings. The van der Waals surface area contributed by atoms with Gasteiger partial charge in [-0.25, -0.2) is 9.78 Å². The highest BCUT2D eigenvalue weighted by Gasteiger charge is 2.22. The van der Waals surface area contributed by atoms with E-state index in [0.29, 0.717) is 11.0 Å². The van der Waals surface area contributed by atoms with Gasteiger partial charge in [0.1, 0.15) is 0 Å². The van der Waals surface area contributed by atoms with Crippen molar-refractivity contribution in [2.24, 2.45) is 5.92 Å². The Morgan fingerprint density at radius 2 is 2.07 bits per heavy atom. The van der Waals surface area contributed by atoms with Crippen LogP contribution in [0.25, 0.3) is 0 Å². The quantitative estimate of drug-likeness (QED) is 0.808. The highest BCUT2D eigenvalue weighted by atomic mass is 32.1. The number of anilines is 1. The van der Waals surface area contributed by atoms with Gasteiger partial charge in [-0.15, -0.1) is 11.3 Å². The molecule has 0 radical (unpaired) electrons. The molecule has 0 spiro atoms. The van der Waals surface area contributed by atoms with Gasteiger partial charge in [0, 0.05) is 4.88 Å². The molecule has 5 heteroatoms. The summed E-state index contributed by atoms with van der Waals surface area (Å²) in [5.74, 6) is -0.440. The summed E-state index contributed by atoms with van der Waals surface area (Å²) in [5.41, 5.74) is 5.60. The third-order valence-electron chi connectivity index (χ3n) is 2.29. The van der Waals surface area contributed by atoms with Gasteiger partial charge in [-0.3, -0.25) is 0 Å². The summed E-state index contributed by atoms with van der Waals surface area (Å²) in [4.78, 5) is 15.4. The Kier molecular flexibility index (Phi) is 3.10. The fraction of sp³-hybridized carbons (Fsp3) is 0.556. The van der Waals surface area contributed by atoms with E-state index in [1.807, 2.05) is 20.8 Å². The average Bonchev–Trinajstić information content (AvgIpc) is 2.45. The standard InChI is InChI=1S/C9H14N2O2S/c1-4(2)5(3)7-6(8(12)13)11-9(10)14-7/h4-5H,1-3H3,(H2,10,11)(H,12,13). The lowest BCUT2D eigenvalue weighted by atomic mass is 9.95. The van der Waals surface area contributed by atoms with Crippen LogP contribution in [0.4, 0.5) is 5.13 Å². The van der Waals surface area contributed by atoms with Crippen molar-refractivity contribution in [2.75, 3.05) is 5.73 Å². The van der Waals surface area contributed by atoms with Crippen molar-refractivity contribution in [1.82, 2.24) is 4.98 Å². The molecule has 4 nitrogen and oxygen atoms in total. The molecule has 1 atom stereocenters. The molecule has 0 saturated carbocycles. The number of aromatic carboxylic acids is 1. The van der Waals surface area contributed by atoms with E-state index in [4.69, 9.17) is 10.8 Å². The van der Waals surface area contributed by atoms with Crippen LogP contribution in [0.2, 0.25) is 0 Å². The maximum absolute atomic E-state index is 10.9. The van der Waals surface area contributed by atoms with Gasteiger partial charge in [0.15, 0.2) is 10.8 Å². The topological polar surface area (TPSA) is 76.2 Å². The van der Waals surface area contributed by atoms with Crippen molar-refractivity contribution < 1.29 is 9.90 Å². The van der Waals surface area contributed by atoms with Gasteiger partial charge in [0.25, 0.3) is 0 Å². The molecule has 0 amide bonds. The van der Waals surface area contributed by atoms with Crippen molar-refractivity contribution in [3.8, 4) is 0 Å². The summed E-state index contributed by atoms with van der Waals surface area (Å²) < 4.78 is 0. The highest BCUT2D eigenvalue weighted by Crippen LogP contribution is 2.32. The number of nitrogens with two attached hydrogens (primary N) is 1. The summed E-state index contributed by atoms with van der Waals surface area (Å²) in [6.07, 6.45) is 0. The van der Waals surface area contributed by atoms with E-state index in [0.717, 1.165) is 4.88 Å². The first-order chi connectivity index (χ1) is 6.43. The first-order valence-corrected chi connectivity index (χ1v) is 5.24. The lowest BCUT2D eigenvalue weighted by Gasteiger charge is -2.13. The van der Waals surface area contributed by atoms with Gasteiger partial charge < -0.3 is 10.8 Å². The van der Waals surface area contributed by atoms with Crippen LogP contribution < -0.4 is 5.73 Å². The number of carboxylic acids is 1. The van der Waals surface area contributed by atoms with Crippen molar-refractivity contribution in [2.45, 2.75) is 26.7 Å². The predicted molar refractivity (Wildman–Crippen MR) is 56.7 cm³/mol. The number of thiazole rings is 1. The smallest absolute Gasteiger partial charge is 0.355 e. The van der Waals surface area contributed by atoms with Crippen molar-refractivity contribution in [3.05, 3.63) is 10.6 Å². The third kappa shape index (κ3) is 2.04. The Morgan fingerprint density at radius 1 is 1.50 bits per heavy atom. The molecule has 1 heterocycles. The SMILES string of the molecule is CC(C)C(C)c1sc(N)nc1C(=O)O. The van der Waals surface area contributed by atoms with Gasteiger partial charge in [-0.1, -0.05) is 20.8 Å². The molecular weight excluding hydrogens is 200 g/mol. The lowest BCUT2D eigenvalue weighted by molar-refractivity contribution is 0.0689. The van der Waals surface area contributed by atoms with Gasteiger partial charge in [0.2, 0.25) is 0 Å². The minimum Gasteiger partial charge on any atom is -0.476 e. The number of carboxylic acid groups (broad SMARTS) is 1. The molecule has 3 N–H and O–H groups in total. The third-order valence-corrected chi connectivity index (χ3v) is 3.37. The summed E-state index contributed by atoms with van der Waals surface area (Å²) in [6.45, 7) is 6.09. The minimum absolute atomic E-state index is 0.105. The van der Waals surface area contributed by atoms with E-state index in [1.165, 1.54) is 11.3 Å². The van der Waals surface area contributed by atoms with Crippen LogP contribution in [-0.4, -0.2) is 16.1 Å². The molecular formula is C9H14N2O2S. The molecule has 1 aromatic rings. The number of rotatable bonds is 3. The summed E-state index contributed by atoms with van der Waals surface area (Å²) in [5, 5.41) is 9.22. The van der Waals surface area contributed by atoms with Gasteiger partial charge >= 0.3 is 5.97 Å². The van der Waals surface area contributed by atoms with E-state index >= 15 is 0 Å². The van der Waals surface area contributed by atoms with Crippen LogP contribution in [0.1, 0.15) is 42.1 Å². The van der Waals surface area contributed by atoms with Gasteiger partial charge in [-0.05, 0) is 11.8 Å². The average molecular weight is 214 g/mol. The van der Waals surface area contributed by atoms with Crippen molar-refractivity contribution in [3.63, 3.8) is 0 Å². The minimum atomic E-state index is -1.000. The first kappa shape index (κ1) is 11.0. The van der Waals surface area contributed by atoms with Crippen molar-refractivity contribution >= 4 is 22.4 Å². The summed E-state index contributed by atoms with van der Waals surface area (Å²) in [6, 6.07) is 0. The van der Waals surface area contributed by atoms with E-state index < -0.39 is 5.97 Å². The molecule has 78 valence electrons. The van der Waals surface area contributed by atoms with Gasteiger partial charge in [-0.2, -0.15) is 0 Å². The number of aromatic nitrogens is 1.